The Morgan fingerprint density at radius 2 is 1.60 bits per heavy atom. The van der Waals surface area contributed by atoms with Gasteiger partial charge in [0, 0.05) is 11.7 Å². The van der Waals surface area contributed by atoms with Crippen molar-refractivity contribution >= 4 is 17.2 Å². The van der Waals surface area contributed by atoms with Crippen molar-refractivity contribution in [1.29, 1.82) is 0 Å². The van der Waals surface area contributed by atoms with Crippen molar-refractivity contribution in [3.05, 3.63) is 65.7 Å². The molecular formula is C22H23F4NO3. The van der Waals surface area contributed by atoms with Gasteiger partial charge in [0.05, 0.1) is 7.11 Å². The van der Waals surface area contributed by atoms with Crippen molar-refractivity contribution < 1.29 is 31.8 Å². The van der Waals surface area contributed by atoms with Gasteiger partial charge in [-0.25, -0.2) is 0 Å². The van der Waals surface area contributed by atoms with E-state index < -0.39 is 30.3 Å². The van der Waals surface area contributed by atoms with Crippen LogP contribution < -0.4 is 9.64 Å². The van der Waals surface area contributed by atoms with E-state index in [2.05, 4.69) is 4.74 Å². The van der Waals surface area contributed by atoms with Gasteiger partial charge >= 0.3 is 6.18 Å². The number of halogens is 4. The number of ether oxygens (including phenoxy) is 2. The number of rotatable bonds is 7. The third-order valence-corrected chi connectivity index (χ3v) is 4.28. The number of anilines is 1. The fourth-order valence-corrected chi connectivity index (χ4v) is 2.85. The number of hydrogen-bond acceptors (Lipinski definition) is 3. The molecule has 0 heterocycles. The molecule has 0 atom stereocenters. The number of aryl methyl sites for hydroxylation is 1. The Kier molecular flexibility index (Phi) is 7.48. The number of allylic oxidation sites excluding steroid dienone is 1. The fraction of sp³-hybridized carbons (Fsp3) is 0.318. The van der Waals surface area contributed by atoms with E-state index in [1.807, 2.05) is 0 Å². The Labute approximate surface area is 172 Å². The first-order valence-electron chi connectivity index (χ1n) is 9.17. The standard InChI is InChI=1S/C22H23F4NO3/c1-14(2)27(17-9-11-18(29-4)12-10-17)19(28)13-30-21(23)20(22(24,25)26)16-7-5-15(3)6-8-16/h5-12,14H,13H2,1-4H3/b21-20+. The molecule has 0 fully saturated rings. The van der Waals surface area contributed by atoms with Crippen LogP contribution in [0.25, 0.3) is 5.57 Å². The Morgan fingerprint density at radius 1 is 1.03 bits per heavy atom. The van der Waals surface area contributed by atoms with Crippen molar-refractivity contribution in [2.24, 2.45) is 0 Å². The lowest BCUT2D eigenvalue weighted by Gasteiger charge is -2.27. The van der Waals surface area contributed by atoms with Gasteiger partial charge in [0.2, 0.25) is 0 Å². The molecule has 2 aromatic carbocycles. The zero-order chi connectivity index (χ0) is 22.5. The Hall–Kier alpha value is -3.03. The summed E-state index contributed by atoms with van der Waals surface area (Å²) in [5, 5.41) is 0. The van der Waals surface area contributed by atoms with Crippen molar-refractivity contribution in [2.75, 3.05) is 18.6 Å². The molecule has 0 bridgehead atoms. The van der Waals surface area contributed by atoms with Crippen LogP contribution in [-0.4, -0.2) is 31.8 Å². The van der Waals surface area contributed by atoms with E-state index in [0.29, 0.717) is 11.4 Å². The summed E-state index contributed by atoms with van der Waals surface area (Å²) in [5.41, 5.74) is -0.730. The molecule has 30 heavy (non-hydrogen) atoms. The minimum Gasteiger partial charge on any atom is -0.497 e. The largest absolute Gasteiger partial charge is 0.497 e. The summed E-state index contributed by atoms with van der Waals surface area (Å²) >= 11 is 0. The third-order valence-electron chi connectivity index (χ3n) is 4.28. The Bertz CT molecular complexity index is 888. The average molecular weight is 425 g/mol. The molecule has 2 aromatic rings. The quantitative estimate of drug-likeness (QED) is 0.424. The van der Waals surface area contributed by atoms with E-state index in [-0.39, 0.29) is 11.6 Å². The molecule has 2 rings (SSSR count). The van der Waals surface area contributed by atoms with Crippen LogP contribution in [-0.2, 0) is 9.53 Å². The monoisotopic (exact) mass is 425 g/mol. The van der Waals surface area contributed by atoms with Gasteiger partial charge in [-0.3, -0.25) is 4.79 Å². The number of methoxy groups -OCH3 is 1. The van der Waals surface area contributed by atoms with Crippen LogP contribution in [0.1, 0.15) is 25.0 Å². The highest BCUT2D eigenvalue weighted by Gasteiger charge is 2.39. The Morgan fingerprint density at radius 3 is 2.07 bits per heavy atom. The summed E-state index contributed by atoms with van der Waals surface area (Å²) < 4.78 is 64.4. The van der Waals surface area contributed by atoms with Gasteiger partial charge in [-0.2, -0.15) is 17.6 Å². The number of alkyl halides is 3. The van der Waals surface area contributed by atoms with Gasteiger partial charge in [0.1, 0.15) is 11.3 Å². The molecule has 0 aliphatic carbocycles. The molecule has 162 valence electrons. The maximum absolute atomic E-state index is 14.4. The van der Waals surface area contributed by atoms with Crippen LogP contribution in [0.2, 0.25) is 0 Å². The van der Waals surface area contributed by atoms with Crippen LogP contribution in [0.5, 0.6) is 5.75 Å². The fourth-order valence-electron chi connectivity index (χ4n) is 2.85. The lowest BCUT2D eigenvalue weighted by atomic mass is 10.0. The topological polar surface area (TPSA) is 38.8 Å². The number of hydrogen-bond donors (Lipinski definition) is 0. The smallest absolute Gasteiger partial charge is 0.422 e. The highest BCUT2D eigenvalue weighted by atomic mass is 19.4. The summed E-state index contributed by atoms with van der Waals surface area (Å²) in [6, 6.07) is 9.51. The predicted octanol–water partition coefficient (Wildman–Crippen LogP) is 5.66. The van der Waals surface area contributed by atoms with Crippen LogP contribution in [0, 0.1) is 6.92 Å². The number of benzene rings is 2. The summed E-state index contributed by atoms with van der Waals surface area (Å²) in [6.45, 7) is 4.26. The van der Waals surface area contributed by atoms with Crippen LogP contribution >= 0.6 is 0 Å². The molecule has 0 unspecified atom stereocenters. The van der Waals surface area contributed by atoms with E-state index >= 15 is 0 Å². The SMILES string of the molecule is COc1ccc(N(C(=O)CO/C(F)=C(\c2ccc(C)cc2)C(F)(F)F)C(C)C)cc1. The number of carbonyl (C=O) groups is 1. The molecule has 0 aliphatic rings. The lowest BCUT2D eigenvalue weighted by molar-refractivity contribution is -0.123. The van der Waals surface area contributed by atoms with E-state index in [4.69, 9.17) is 4.74 Å². The molecule has 4 nitrogen and oxygen atoms in total. The van der Waals surface area contributed by atoms with Crippen molar-refractivity contribution in [1.82, 2.24) is 0 Å². The molecule has 8 heteroatoms. The predicted molar refractivity (Wildman–Crippen MR) is 107 cm³/mol. The van der Waals surface area contributed by atoms with Crippen molar-refractivity contribution in [3.63, 3.8) is 0 Å². The summed E-state index contributed by atoms with van der Waals surface area (Å²) in [6.07, 6.45) is -4.99. The average Bonchev–Trinajstić information content (AvgIpc) is 2.67. The van der Waals surface area contributed by atoms with Gasteiger partial charge in [0.15, 0.2) is 6.61 Å². The van der Waals surface area contributed by atoms with E-state index in [0.717, 1.165) is 17.7 Å². The molecule has 1 amide bonds. The number of carbonyl (C=O) groups excluding carboxylic acids is 1. The summed E-state index contributed by atoms with van der Waals surface area (Å²) in [7, 11) is 1.50. The first-order valence-corrected chi connectivity index (χ1v) is 9.17. The van der Waals surface area contributed by atoms with Crippen LogP contribution in [0.3, 0.4) is 0 Å². The van der Waals surface area contributed by atoms with E-state index in [9.17, 15) is 22.4 Å². The maximum atomic E-state index is 14.4. The van der Waals surface area contributed by atoms with Gasteiger partial charge in [-0.05, 0) is 50.6 Å². The third kappa shape index (κ3) is 5.75. The summed E-state index contributed by atoms with van der Waals surface area (Å²) in [5.74, 6) is -0.108. The highest BCUT2D eigenvalue weighted by molar-refractivity contribution is 5.95. The summed E-state index contributed by atoms with van der Waals surface area (Å²) in [4.78, 5) is 13.9. The minimum absolute atomic E-state index is 0.333. The van der Waals surface area contributed by atoms with Gasteiger partial charge in [-0.1, -0.05) is 29.8 Å². The lowest BCUT2D eigenvalue weighted by Crippen LogP contribution is -2.39. The molecule has 0 aromatic heterocycles. The van der Waals surface area contributed by atoms with E-state index in [1.165, 1.54) is 24.1 Å². The second kappa shape index (κ2) is 9.65. The second-order valence-corrected chi connectivity index (χ2v) is 6.86. The molecule has 0 spiro atoms. The Balaban J connectivity index is 2.25. The zero-order valence-corrected chi connectivity index (χ0v) is 17.1. The zero-order valence-electron chi connectivity index (χ0n) is 17.1. The molecule has 0 aliphatic heterocycles. The normalized spacial score (nSPS) is 12.4. The number of nitrogens with zero attached hydrogens (tertiary/aromatic N) is 1. The van der Waals surface area contributed by atoms with Crippen molar-refractivity contribution in [2.45, 2.75) is 33.0 Å². The molecule has 0 saturated heterocycles. The first-order chi connectivity index (χ1) is 14.0. The molecule has 0 saturated carbocycles. The maximum Gasteiger partial charge on any atom is 0.422 e. The minimum atomic E-state index is -4.99. The number of amides is 1. The van der Waals surface area contributed by atoms with Gasteiger partial charge in [0.25, 0.3) is 11.9 Å². The van der Waals surface area contributed by atoms with Crippen LogP contribution in [0.4, 0.5) is 23.2 Å². The molecular weight excluding hydrogens is 402 g/mol. The van der Waals surface area contributed by atoms with Gasteiger partial charge < -0.3 is 14.4 Å². The van der Waals surface area contributed by atoms with Gasteiger partial charge in [-0.15, -0.1) is 0 Å². The highest BCUT2D eigenvalue weighted by Crippen LogP contribution is 2.37. The molecule has 0 radical (unpaired) electrons. The first kappa shape index (κ1) is 23.3. The van der Waals surface area contributed by atoms with Crippen molar-refractivity contribution in [3.8, 4) is 5.75 Å². The molecule has 0 N–H and O–H groups in total. The second-order valence-electron chi connectivity index (χ2n) is 6.86. The van der Waals surface area contributed by atoms with Crippen LogP contribution in [0.15, 0.2) is 54.5 Å². The van der Waals surface area contributed by atoms with E-state index in [1.54, 1.807) is 45.0 Å².